The predicted molar refractivity (Wildman–Crippen MR) is 113 cm³/mol. The third-order valence-electron chi connectivity index (χ3n) is 4.74. The molecule has 1 heterocycles. The van der Waals surface area contributed by atoms with E-state index in [9.17, 15) is 14.0 Å². The van der Waals surface area contributed by atoms with Crippen LogP contribution in [0.4, 0.5) is 26.2 Å². The maximum Gasteiger partial charge on any atom is 0.323 e. The van der Waals surface area contributed by atoms with Crippen LogP contribution in [0.1, 0.15) is 12.5 Å². The molecule has 3 amide bonds. The van der Waals surface area contributed by atoms with Gasteiger partial charge in [0.2, 0.25) is 0 Å². The highest BCUT2D eigenvalue weighted by Gasteiger charge is 2.32. The first-order chi connectivity index (χ1) is 14.5. The van der Waals surface area contributed by atoms with Gasteiger partial charge in [-0.3, -0.25) is 4.79 Å². The smallest absolute Gasteiger partial charge is 0.323 e. The molecule has 152 valence electrons. The summed E-state index contributed by atoms with van der Waals surface area (Å²) >= 11 is 0. The molecule has 0 saturated heterocycles. The first-order valence-corrected chi connectivity index (χ1v) is 9.50. The molecule has 0 saturated carbocycles. The van der Waals surface area contributed by atoms with Gasteiger partial charge in [0.15, 0.2) is 6.10 Å². The van der Waals surface area contributed by atoms with E-state index in [1.54, 1.807) is 55.5 Å². The molecule has 0 aliphatic carbocycles. The highest BCUT2D eigenvalue weighted by atomic mass is 19.1. The molecule has 6 nitrogen and oxygen atoms in total. The number of ether oxygens (including phenoxy) is 1. The van der Waals surface area contributed by atoms with E-state index in [1.807, 2.05) is 18.2 Å². The van der Waals surface area contributed by atoms with Crippen LogP contribution in [0.3, 0.4) is 0 Å². The van der Waals surface area contributed by atoms with Gasteiger partial charge in [0.05, 0.1) is 12.2 Å². The maximum atomic E-state index is 14.2. The third-order valence-corrected chi connectivity index (χ3v) is 4.74. The van der Waals surface area contributed by atoms with Gasteiger partial charge in [-0.15, -0.1) is 0 Å². The largest absolute Gasteiger partial charge is 0.479 e. The summed E-state index contributed by atoms with van der Waals surface area (Å²) in [5.41, 5.74) is 2.00. The minimum atomic E-state index is -0.690. The summed E-state index contributed by atoms with van der Waals surface area (Å²) in [6.07, 6.45) is -0.690. The number of urea groups is 1. The fraction of sp³-hybridized carbons (Fsp3) is 0.130. The van der Waals surface area contributed by atoms with E-state index in [2.05, 4.69) is 10.6 Å². The van der Waals surface area contributed by atoms with E-state index in [-0.39, 0.29) is 18.3 Å². The molecule has 0 spiro atoms. The Morgan fingerprint density at radius 2 is 1.70 bits per heavy atom. The Kier molecular flexibility index (Phi) is 5.34. The zero-order valence-corrected chi connectivity index (χ0v) is 16.3. The number of hydrogen-bond donors (Lipinski definition) is 2. The van der Waals surface area contributed by atoms with Crippen molar-refractivity contribution in [2.45, 2.75) is 19.6 Å². The van der Waals surface area contributed by atoms with E-state index in [0.29, 0.717) is 28.4 Å². The van der Waals surface area contributed by atoms with Gasteiger partial charge in [-0.2, -0.15) is 0 Å². The summed E-state index contributed by atoms with van der Waals surface area (Å²) in [7, 11) is 0. The highest BCUT2D eigenvalue weighted by molar-refractivity contribution is 6.03. The average Bonchev–Trinajstić information content (AvgIpc) is 2.74. The van der Waals surface area contributed by atoms with Crippen LogP contribution < -0.4 is 20.3 Å². The van der Waals surface area contributed by atoms with E-state index >= 15 is 0 Å². The van der Waals surface area contributed by atoms with Crippen molar-refractivity contribution in [1.29, 1.82) is 0 Å². The monoisotopic (exact) mass is 405 g/mol. The Hall–Kier alpha value is -3.87. The van der Waals surface area contributed by atoms with Crippen LogP contribution in [0.2, 0.25) is 0 Å². The summed E-state index contributed by atoms with van der Waals surface area (Å²) in [4.78, 5) is 26.5. The third kappa shape index (κ3) is 4.10. The number of carbonyl (C=O) groups is 2. The van der Waals surface area contributed by atoms with Crippen molar-refractivity contribution >= 4 is 29.0 Å². The summed E-state index contributed by atoms with van der Waals surface area (Å²) < 4.78 is 19.9. The lowest BCUT2D eigenvalue weighted by molar-refractivity contribution is -0.125. The molecule has 1 aliphatic heterocycles. The predicted octanol–water partition coefficient (Wildman–Crippen LogP) is 4.78. The fourth-order valence-electron chi connectivity index (χ4n) is 3.26. The van der Waals surface area contributed by atoms with E-state index in [1.165, 1.54) is 11.0 Å². The first kappa shape index (κ1) is 19.4. The van der Waals surface area contributed by atoms with Crippen molar-refractivity contribution in [3.8, 4) is 5.75 Å². The van der Waals surface area contributed by atoms with Crippen molar-refractivity contribution in [3.05, 3.63) is 84.2 Å². The molecule has 4 rings (SSSR count). The Bertz CT molecular complexity index is 1090. The Morgan fingerprint density at radius 1 is 1.00 bits per heavy atom. The molecule has 1 unspecified atom stereocenters. The molecule has 1 aliphatic rings. The number of nitrogens with one attached hydrogen (secondary N) is 2. The number of hydrogen-bond acceptors (Lipinski definition) is 3. The number of benzene rings is 3. The van der Waals surface area contributed by atoms with Crippen LogP contribution in [0, 0.1) is 5.82 Å². The molecule has 0 fully saturated rings. The lowest BCUT2D eigenvalue weighted by atomic mass is 10.1. The molecular formula is C23H20FN3O3. The van der Waals surface area contributed by atoms with Gasteiger partial charge in [0, 0.05) is 16.9 Å². The van der Waals surface area contributed by atoms with Gasteiger partial charge >= 0.3 is 6.03 Å². The number of anilines is 3. The second kappa shape index (κ2) is 8.24. The summed E-state index contributed by atoms with van der Waals surface area (Å²) in [5.74, 6) is -0.174. The van der Waals surface area contributed by atoms with Crippen molar-refractivity contribution < 1.29 is 18.7 Å². The molecule has 0 radical (unpaired) electrons. The Labute approximate surface area is 173 Å². The number of carbonyl (C=O) groups excluding carboxylic acids is 2. The van der Waals surface area contributed by atoms with Crippen LogP contribution >= 0.6 is 0 Å². The molecule has 1 atom stereocenters. The van der Waals surface area contributed by atoms with Crippen LogP contribution in [0.25, 0.3) is 0 Å². The number of rotatable bonds is 4. The normalized spacial score (nSPS) is 15.2. The van der Waals surface area contributed by atoms with Crippen LogP contribution in [-0.2, 0) is 11.3 Å². The van der Waals surface area contributed by atoms with Gasteiger partial charge < -0.3 is 20.3 Å². The van der Waals surface area contributed by atoms with Gasteiger partial charge in [-0.1, -0.05) is 36.4 Å². The SMILES string of the molecule is CC1Oc2ccc(NC(=O)Nc3ccccc3)cc2N(Cc2ccccc2F)C1=O. The average molecular weight is 405 g/mol. The Balaban J connectivity index is 1.58. The lowest BCUT2D eigenvalue weighted by Crippen LogP contribution is -2.44. The van der Waals surface area contributed by atoms with Crippen molar-refractivity contribution in [2.24, 2.45) is 0 Å². The standard InChI is InChI=1S/C23H20FN3O3/c1-15-22(28)27(14-16-7-5-6-10-19(16)24)20-13-18(11-12-21(20)30-15)26-23(29)25-17-8-3-2-4-9-17/h2-13,15H,14H2,1H3,(H2,25,26,29). The zero-order valence-electron chi connectivity index (χ0n) is 16.3. The van der Waals surface area contributed by atoms with Gasteiger partial charge in [0.25, 0.3) is 5.91 Å². The zero-order chi connectivity index (χ0) is 21.1. The topological polar surface area (TPSA) is 70.7 Å². The summed E-state index contributed by atoms with van der Waals surface area (Å²) in [6.45, 7) is 1.71. The second-order valence-electron chi connectivity index (χ2n) is 6.90. The highest BCUT2D eigenvalue weighted by Crippen LogP contribution is 2.37. The van der Waals surface area contributed by atoms with E-state index < -0.39 is 12.1 Å². The molecule has 0 aromatic heterocycles. The second-order valence-corrected chi connectivity index (χ2v) is 6.90. The van der Waals surface area contributed by atoms with Crippen LogP contribution in [0.5, 0.6) is 5.75 Å². The Morgan fingerprint density at radius 3 is 2.47 bits per heavy atom. The van der Waals surface area contributed by atoms with Gasteiger partial charge in [-0.25, -0.2) is 9.18 Å². The minimum absolute atomic E-state index is 0.0614. The number of nitrogens with zero attached hydrogens (tertiary/aromatic N) is 1. The molecule has 3 aromatic carbocycles. The number of fused-ring (bicyclic) bond motifs is 1. The van der Waals surface area contributed by atoms with Crippen molar-refractivity contribution in [3.63, 3.8) is 0 Å². The van der Waals surface area contributed by atoms with Crippen molar-refractivity contribution in [1.82, 2.24) is 0 Å². The van der Waals surface area contributed by atoms with Gasteiger partial charge in [-0.05, 0) is 43.3 Å². The van der Waals surface area contributed by atoms with E-state index in [4.69, 9.17) is 4.74 Å². The maximum absolute atomic E-state index is 14.2. The quantitative estimate of drug-likeness (QED) is 0.656. The number of amides is 3. The molecule has 30 heavy (non-hydrogen) atoms. The van der Waals surface area contributed by atoms with Crippen LogP contribution in [0.15, 0.2) is 72.8 Å². The number of para-hydroxylation sites is 1. The molecule has 0 bridgehead atoms. The molecule has 7 heteroatoms. The first-order valence-electron chi connectivity index (χ1n) is 9.50. The minimum Gasteiger partial charge on any atom is -0.479 e. The van der Waals surface area contributed by atoms with Gasteiger partial charge in [0.1, 0.15) is 11.6 Å². The van der Waals surface area contributed by atoms with E-state index in [0.717, 1.165) is 0 Å². The van der Waals surface area contributed by atoms with Crippen LogP contribution in [-0.4, -0.2) is 18.0 Å². The fourth-order valence-corrected chi connectivity index (χ4v) is 3.26. The molecule has 3 aromatic rings. The summed E-state index contributed by atoms with van der Waals surface area (Å²) in [5, 5.41) is 5.48. The lowest BCUT2D eigenvalue weighted by Gasteiger charge is -2.33. The summed E-state index contributed by atoms with van der Waals surface area (Å²) in [6, 6.07) is 20.0. The molecular weight excluding hydrogens is 385 g/mol. The molecule has 2 N–H and O–H groups in total. The van der Waals surface area contributed by atoms with Crippen molar-refractivity contribution in [2.75, 3.05) is 15.5 Å². The number of halogens is 1.